The number of hydrogen-bond donors (Lipinski definition) is 1. The van der Waals surface area contributed by atoms with Gasteiger partial charge in [0.1, 0.15) is 5.75 Å². The molecule has 170 valence electrons. The van der Waals surface area contributed by atoms with Crippen LogP contribution in [0.15, 0.2) is 72.8 Å². The molecule has 0 heterocycles. The van der Waals surface area contributed by atoms with E-state index in [0.29, 0.717) is 29.0 Å². The molecule has 0 radical (unpaired) electrons. The zero-order valence-corrected chi connectivity index (χ0v) is 19.0. The third kappa shape index (κ3) is 6.77. The minimum absolute atomic E-state index is 0.0291. The Morgan fingerprint density at radius 3 is 2.12 bits per heavy atom. The highest BCUT2D eigenvalue weighted by atomic mass is 16.6. The van der Waals surface area contributed by atoms with Crippen LogP contribution in [0.5, 0.6) is 5.75 Å². The van der Waals surface area contributed by atoms with E-state index in [1.807, 2.05) is 38.1 Å². The highest BCUT2D eigenvalue weighted by molar-refractivity contribution is 5.96. The van der Waals surface area contributed by atoms with E-state index >= 15 is 0 Å². The summed E-state index contributed by atoms with van der Waals surface area (Å²) in [6.45, 7) is 5.31. The quantitative estimate of drug-likeness (QED) is 0.362. The zero-order chi connectivity index (χ0) is 23.8. The molecule has 0 saturated carbocycles. The average molecular weight is 446 g/mol. The van der Waals surface area contributed by atoms with Crippen LogP contribution in [0.25, 0.3) is 0 Å². The van der Waals surface area contributed by atoms with Gasteiger partial charge >= 0.3 is 5.97 Å². The van der Waals surface area contributed by atoms with Crippen molar-refractivity contribution in [2.24, 2.45) is 0 Å². The molecule has 0 aliphatic carbocycles. The van der Waals surface area contributed by atoms with Crippen LogP contribution >= 0.6 is 0 Å². The molecule has 1 N–H and O–H groups in total. The Bertz CT molecular complexity index is 1100. The van der Waals surface area contributed by atoms with Gasteiger partial charge in [0.2, 0.25) is 6.10 Å². The number of ketones is 1. The third-order valence-electron chi connectivity index (χ3n) is 4.93. The summed E-state index contributed by atoms with van der Waals surface area (Å²) < 4.78 is 11.0. The molecule has 1 amide bonds. The van der Waals surface area contributed by atoms with E-state index < -0.39 is 18.0 Å². The number of carbonyl (C=O) groups excluding carboxylic acids is 3. The summed E-state index contributed by atoms with van der Waals surface area (Å²) in [5.41, 5.74) is 3.79. The minimum atomic E-state index is -1.13. The summed E-state index contributed by atoms with van der Waals surface area (Å²) in [5.74, 6) is -0.688. The first-order valence-electron chi connectivity index (χ1n) is 10.8. The molecule has 3 aromatic carbocycles. The molecule has 3 aromatic rings. The molecule has 3 rings (SSSR count). The standard InChI is InChI=1S/C27H27NO5/c1-4-24(29)20-10-12-23(13-11-20)32-17-25(30)33-26(21-8-6-5-7-9-21)27(31)28-22-15-18(2)14-19(3)16-22/h5-16,26H,4,17H2,1-3H3,(H,28,31). The van der Waals surface area contributed by atoms with Crippen molar-refractivity contribution in [1.82, 2.24) is 0 Å². The average Bonchev–Trinajstić information content (AvgIpc) is 2.80. The molecule has 0 spiro atoms. The smallest absolute Gasteiger partial charge is 0.345 e. The van der Waals surface area contributed by atoms with Gasteiger partial charge in [0.05, 0.1) is 0 Å². The van der Waals surface area contributed by atoms with Gasteiger partial charge in [-0.3, -0.25) is 9.59 Å². The number of hydrogen-bond acceptors (Lipinski definition) is 5. The lowest BCUT2D eigenvalue weighted by molar-refractivity contribution is -0.156. The van der Waals surface area contributed by atoms with Crippen molar-refractivity contribution >= 4 is 23.3 Å². The van der Waals surface area contributed by atoms with Crippen LogP contribution in [0, 0.1) is 13.8 Å². The topological polar surface area (TPSA) is 81.7 Å². The number of ether oxygens (including phenoxy) is 2. The lowest BCUT2D eigenvalue weighted by atomic mass is 10.1. The molecule has 6 nitrogen and oxygen atoms in total. The first-order valence-corrected chi connectivity index (χ1v) is 10.8. The summed E-state index contributed by atoms with van der Waals surface area (Å²) in [5, 5.41) is 2.83. The van der Waals surface area contributed by atoms with Crippen LogP contribution < -0.4 is 10.1 Å². The van der Waals surface area contributed by atoms with Gasteiger partial charge in [-0.15, -0.1) is 0 Å². The van der Waals surface area contributed by atoms with Crippen LogP contribution in [-0.2, 0) is 14.3 Å². The number of amides is 1. The fourth-order valence-corrected chi connectivity index (χ4v) is 3.40. The molecule has 1 unspecified atom stereocenters. The van der Waals surface area contributed by atoms with Crippen molar-refractivity contribution in [2.75, 3.05) is 11.9 Å². The molecule has 0 aliphatic heterocycles. The largest absolute Gasteiger partial charge is 0.482 e. The van der Waals surface area contributed by atoms with E-state index in [0.717, 1.165) is 11.1 Å². The van der Waals surface area contributed by atoms with Crippen LogP contribution in [-0.4, -0.2) is 24.3 Å². The maximum Gasteiger partial charge on any atom is 0.345 e. The Morgan fingerprint density at radius 1 is 0.879 bits per heavy atom. The Labute approximate surface area is 193 Å². The molecule has 6 heteroatoms. The first-order chi connectivity index (χ1) is 15.9. The fraction of sp³-hybridized carbons (Fsp3) is 0.222. The number of rotatable bonds is 9. The summed E-state index contributed by atoms with van der Waals surface area (Å²) >= 11 is 0. The molecule has 1 atom stereocenters. The summed E-state index contributed by atoms with van der Waals surface area (Å²) in [4.78, 5) is 37.2. The van der Waals surface area contributed by atoms with E-state index in [1.165, 1.54) is 0 Å². The zero-order valence-electron chi connectivity index (χ0n) is 19.0. The Kier molecular flexibility index (Phi) is 7.97. The van der Waals surface area contributed by atoms with Gasteiger partial charge in [0.15, 0.2) is 12.4 Å². The van der Waals surface area contributed by atoms with Crippen LogP contribution in [0.3, 0.4) is 0 Å². The van der Waals surface area contributed by atoms with Crippen molar-refractivity contribution in [3.8, 4) is 5.75 Å². The molecular formula is C27H27NO5. The van der Waals surface area contributed by atoms with Gasteiger partial charge in [0, 0.05) is 23.2 Å². The Balaban J connectivity index is 1.68. The van der Waals surface area contributed by atoms with E-state index in [2.05, 4.69) is 5.32 Å². The summed E-state index contributed by atoms with van der Waals surface area (Å²) in [7, 11) is 0. The van der Waals surface area contributed by atoms with Crippen molar-refractivity contribution in [1.29, 1.82) is 0 Å². The van der Waals surface area contributed by atoms with Crippen LogP contribution in [0.4, 0.5) is 5.69 Å². The fourth-order valence-electron chi connectivity index (χ4n) is 3.40. The van der Waals surface area contributed by atoms with Gasteiger partial charge in [-0.2, -0.15) is 0 Å². The lowest BCUT2D eigenvalue weighted by Crippen LogP contribution is -2.28. The van der Waals surface area contributed by atoms with Crippen LogP contribution in [0.1, 0.15) is 46.5 Å². The monoisotopic (exact) mass is 445 g/mol. The van der Waals surface area contributed by atoms with Gasteiger partial charge in [0.25, 0.3) is 5.91 Å². The van der Waals surface area contributed by atoms with Gasteiger partial charge in [-0.1, -0.05) is 43.3 Å². The molecule has 0 fully saturated rings. The van der Waals surface area contributed by atoms with Gasteiger partial charge in [-0.25, -0.2) is 4.79 Å². The Morgan fingerprint density at radius 2 is 1.52 bits per heavy atom. The molecule has 0 bridgehead atoms. The highest BCUT2D eigenvalue weighted by Gasteiger charge is 2.25. The van der Waals surface area contributed by atoms with E-state index in [-0.39, 0.29) is 12.4 Å². The molecule has 0 aliphatic rings. The second kappa shape index (κ2) is 11.1. The number of benzene rings is 3. The number of carbonyl (C=O) groups is 3. The molecule has 0 aromatic heterocycles. The highest BCUT2D eigenvalue weighted by Crippen LogP contribution is 2.22. The molecule has 33 heavy (non-hydrogen) atoms. The number of esters is 1. The maximum atomic E-state index is 13.0. The first kappa shape index (κ1) is 23.7. The molecule has 0 saturated heterocycles. The van der Waals surface area contributed by atoms with Crippen molar-refractivity contribution in [2.45, 2.75) is 33.3 Å². The summed E-state index contributed by atoms with van der Waals surface area (Å²) in [6.07, 6.45) is -0.718. The normalized spacial score (nSPS) is 11.4. The maximum absolute atomic E-state index is 13.0. The number of aryl methyl sites for hydroxylation is 2. The predicted octanol–water partition coefficient (Wildman–Crippen LogP) is 5.20. The van der Waals surface area contributed by atoms with Gasteiger partial charge in [-0.05, 0) is 61.4 Å². The number of anilines is 1. The van der Waals surface area contributed by atoms with E-state index in [4.69, 9.17) is 9.47 Å². The third-order valence-corrected chi connectivity index (χ3v) is 4.93. The summed E-state index contributed by atoms with van der Waals surface area (Å²) in [6, 6.07) is 21.1. The second-order valence-electron chi connectivity index (χ2n) is 7.74. The van der Waals surface area contributed by atoms with E-state index in [1.54, 1.807) is 55.5 Å². The lowest BCUT2D eigenvalue weighted by Gasteiger charge is -2.18. The minimum Gasteiger partial charge on any atom is -0.482 e. The van der Waals surface area contributed by atoms with E-state index in [9.17, 15) is 14.4 Å². The number of nitrogens with one attached hydrogen (secondary N) is 1. The number of Topliss-reactive ketones (excluding diaryl/α,β-unsaturated/α-hetero) is 1. The molecular weight excluding hydrogens is 418 g/mol. The van der Waals surface area contributed by atoms with Crippen molar-refractivity contribution in [3.63, 3.8) is 0 Å². The SMILES string of the molecule is CCC(=O)c1ccc(OCC(=O)OC(C(=O)Nc2cc(C)cc(C)c2)c2ccccc2)cc1. The second-order valence-corrected chi connectivity index (χ2v) is 7.74. The Hall–Kier alpha value is -3.93. The van der Waals surface area contributed by atoms with Gasteiger partial charge < -0.3 is 14.8 Å². The predicted molar refractivity (Wildman–Crippen MR) is 126 cm³/mol. The van der Waals surface area contributed by atoms with Crippen molar-refractivity contribution < 1.29 is 23.9 Å². The van der Waals surface area contributed by atoms with Crippen molar-refractivity contribution in [3.05, 3.63) is 95.1 Å². The van der Waals surface area contributed by atoms with Crippen LogP contribution in [0.2, 0.25) is 0 Å².